The van der Waals surface area contributed by atoms with E-state index in [1.807, 2.05) is 0 Å². The Hall–Kier alpha value is -1.85. The number of hydrogen-bond donors (Lipinski definition) is 1. The van der Waals surface area contributed by atoms with Crippen molar-refractivity contribution in [3.63, 3.8) is 0 Å². The van der Waals surface area contributed by atoms with Crippen molar-refractivity contribution in [3.05, 3.63) is 18.0 Å². The van der Waals surface area contributed by atoms with E-state index in [0.29, 0.717) is 18.0 Å². The lowest BCUT2D eigenvalue weighted by molar-refractivity contribution is -0.125. The average Bonchev–Trinajstić information content (AvgIpc) is 3.30. The lowest BCUT2D eigenvalue weighted by atomic mass is 9.89. The Labute approximate surface area is 149 Å². The normalized spacial score (nSPS) is 21.5. The molecule has 25 heavy (non-hydrogen) atoms. The minimum absolute atomic E-state index is 0.0115. The number of hydrogen-bond acceptors (Lipinski definition) is 3. The summed E-state index contributed by atoms with van der Waals surface area (Å²) < 4.78 is 1.79. The number of carbonyl (C=O) groups is 2. The molecule has 1 saturated carbocycles. The van der Waals surface area contributed by atoms with E-state index in [1.54, 1.807) is 22.0 Å². The molecule has 138 valence electrons. The zero-order chi connectivity index (χ0) is 17.6. The van der Waals surface area contributed by atoms with E-state index in [4.69, 9.17) is 0 Å². The highest BCUT2D eigenvalue weighted by Crippen LogP contribution is 2.24. The Balaban J connectivity index is 1.56. The highest BCUT2D eigenvalue weighted by Gasteiger charge is 2.35. The maximum atomic E-state index is 12.8. The van der Waals surface area contributed by atoms with Crippen molar-refractivity contribution in [3.8, 4) is 0 Å². The highest BCUT2D eigenvalue weighted by atomic mass is 16.2. The van der Waals surface area contributed by atoms with Gasteiger partial charge in [0, 0.05) is 25.8 Å². The van der Waals surface area contributed by atoms with Crippen LogP contribution >= 0.6 is 0 Å². The van der Waals surface area contributed by atoms with Crippen LogP contribution < -0.4 is 5.32 Å². The maximum absolute atomic E-state index is 12.8. The molecule has 1 aromatic rings. The minimum Gasteiger partial charge on any atom is -0.354 e. The van der Waals surface area contributed by atoms with Crippen LogP contribution in [0.1, 0.15) is 68.6 Å². The summed E-state index contributed by atoms with van der Waals surface area (Å²) in [6.07, 6.45) is 12.3. The summed E-state index contributed by atoms with van der Waals surface area (Å²) in [5.41, 5.74) is 0.584. The third kappa shape index (κ3) is 4.41. The molecule has 0 spiro atoms. The molecule has 1 aliphatic heterocycles. The molecule has 2 amide bonds. The number of nitrogens with one attached hydrogen (secondary N) is 1. The van der Waals surface area contributed by atoms with Gasteiger partial charge in [-0.2, -0.15) is 5.10 Å². The van der Waals surface area contributed by atoms with Crippen LogP contribution in [0.3, 0.4) is 0 Å². The van der Waals surface area contributed by atoms with E-state index >= 15 is 0 Å². The summed E-state index contributed by atoms with van der Waals surface area (Å²) in [6.45, 7) is 4.29. The van der Waals surface area contributed by atoms with Gasteiger partial charge in [-0.3, -0.25) is 14.3 Å². The fraction of sp³-hybridized carbons (Fsp3) is 0.737. The fourth-order valence-corrected chi connectivity index (χ4v) is 4.03. The van der Waals surface area contributed by atoms with Crippen LogP contribution in [0, 0.1) is 5.92 Å². The van der Waals surface area contributed by atoms with Crippen LogP contribution in [0.15, 0.2) is 12.4 Å². The van der Waals surface area contributed by atoms with Crippen molar-refractivity contribution >= 4 is 11.8 Å². The molecule has 2 heterocycles. The number of aryl methyl sites for hydroxylation is 1. The van der Waals surface area contributed by atoms with Crippen molar-refractivity contribution in [2.75, 3.05) is 13.1 Å². The monoisotopic (exact) mass is 346 g/mol. The van der Waals surface area contributed by atoms with E-state index in [1.165, 1.54) is 32.1 Å². The molecule has 3 rings (SSSR count). The number of rotatable bonds is 6. The second-order valence-electron chi connectivity index (χ2n) is 7.40. The smallest absolute Gasteiger partial charge is 0.257 e. The van der Waals surface area contributed by atoms with Gasteiger partial charge in [-0.25, -0.2) is 0 Å². The first kappa shape index (κ1) is 18.0. The van der Waals surface area contributed by atoms with Gasteiger partial charge >= 0.3 is 0 Å². The molecular formula is C19H30N4O2. The molecule has 0 aromatic carbocycles. The van der Waals surface area contributed by atoms with E-state index in [9.17, 15) is 9.59 Å². The van der Waals surface area contributed by atoms with Crippen molar-refractivity contribution in [2.24, 2.45) is 5.92 Å². The van der Waals surface area contributed by atoms with Crippen LogP contribution in [0.2, 0.25) is 0 Å². The SMILES string of the molecule is CCCn1cc(C(=O)N2CCCC2C(=O)NCC2CCCCC2)cn1. The first-order chi connectivity index (χ1) is 12.2. The van der Waals surface area contributed by atoms with E-state index < -0.39 is 0 Å². The number of carbonyl (C=O) groups excluding carboxylic acids is 2. The summed E-state index contributed by atoms with van der Waals surface area (Å²) in [5, 5.41) is 7.34. The Morgan fingerprint density at radius 3 is 2.76 bits per heavy atom. The van der Waals surface area contributed by atoms with Crippen LogP contribution in [-0.2, 0) is 11.3 Å². The van der Waals surface area contributed by atoms with Gasteiger partial charge in [-0.15, -0.1) is 0 Å². The summed E-state index contributed by atoms with van der Waals surface area (Å²) in [4.78, 5) is 27.1. The van der Waals surface area contributed by atoms with E-state index in [-0.39, 0.29) is 17.9 Å². The van der Waals surface area contributed by atoms with Gasteiger partial charge in [-0.05, 0) is 38.0 Å². The first-order valence-electron chi connectivity index (χ1n) is 9.80. The van der Waals surface area contributed by atoms with Crippen LogP contribution in [0.4, 0.5) is 0 Å². The quantitative estimate of drug-likeness (QED) is 0.861. The van der Waals surface area contributed by atoms with Crippen molar-refractivity contribution in [2.45, 2.75) is 70.9 Å². The van der Waals surface area contributed by atoms with Gasteiger partial charge < -0.3 is 10.2 Å². The first-order valence-corrected chi connectivity index (χ1v) is 9.80. The summed E-state index contributed by atoms with van der Waals surface area (Å²) in [6, 6.07) is -0.328. The molecule has 1 aromatic heterocycles. The second kappa shape index (κ2) is 8.50. The highest BCUT2D eigenvalue weighted by molar-refractivity contribution is 5.97. The number of aromatic nitrogens is 2. The minimum atomic E-state index is -0.328. The molecule has 1 saturated heterocycles. The van der Waals surface area contributed by atoms with Gasteiger partial charge in [0.1, 0.15) is 6.04 Å². The molecule has 1 N–H and O–H groups in total. The Bertz CT molecular complexity index is 592. The van der Waals surface area contributed by atoms with Gasteiger partial charge in [0.25, 0.3) is 5.91 Å². The van der Waals surface area contributed by atoms with Gasteiger partial charge in [0.15, 0.2) is 0 Å². The summed E-state index contributed by atoms with van der Waals surface area (Å²) in [7, 11) is 0. The Morgan fingerprint density at radius 1 is 1.20 bits per heavy atom. The third-order valence-electron chi connectivity index (χ3n) is 5.44. The lowest BCUT2D eigenvalue weighted by Gasteiger charge is -2.26. The summed E-state index contributed by atoms with van der Waals surface area (Å²) in [5.74, 6) is 0.547. The Kier molecular flexibility index (Phi) is 6.10. The van der Waals surface area contributed by atoms with Gasteiger partial charge in [0.2, 0.25) is 5.91 Å². The molecular weight excluding hydrogens is 316 g/mol. The van der Waals surface area contributed by atoms with E-state index in [0.717, 1.165) is 32.4 Å². The molecule has 1 atom stereocenters. The zero-order valence-corrected chi connectivity index (χ0v) is 15.2. The maximum Gasteiger partial charge on any atom is 0.257 e. The predicted octanol–water partition coefficient (Wildman–Crippen LogP) is 2.59. The predicted molar refractivity (Wildman–Crippen MR) is 96.2 cm³/mol. The van der Waals surface area contributed by atoms with Crippen molar-refractivity contribution in [1.29, 1.82) is 0 Å². The molecule has 1 unspecified atom stereocenters. The fourth-order valence-electron chi connectivity index (χ4n) is 4.03. The third-order valence-corrected chi connectivity index (χ3v) is 5.44. The lowest BCUT2D eigenvalue weighted by Crippen LogP contribution is -2.47. The Morgan fingerprint density at radius 2 is 2.00 bits per heavy atom. The molecule has 2 fully saturated rings. The van der Waals surface area contributed by atoms with E-state index in [2.05, 4.69) is 17.3 Å². The zero-order valence-electron chi connectivity index (χ0n) is 15.2. The second-order valence-corrected chi connectivity index (χ2v) is 7.40. The molecule has 2 aliphatic rings. The average molecular weight is 346 g/mol. The van der Waals surface area contributed by atoms with Gasteiger partial charge in [0.05, 0.1) is 11.8 Å². The summed E-state index contributed by atoms with van der Waals surface area (Å²) >= 11 is 0. The largest absolute Gasteiger partial charge is 0.354 e. The van der Waals surface area contributed by atoms with Crippen LogP contribution in [0.25, 0.3) is 0 Å². The van der Waals surface area contributed by atoms with Crippen LogP contribution in [0.5, 0.6) is 0 Å². The van der Waals surface area contributed by atoms with Crippen molar-refractivity contribution in [1.82, 2.24) is 20.0 Å². The molecule has 6 nitrogen and oxygen atoms in total. The molecule has 1 aliphatic carbocycles. The van der Waals surface area contributed by atoms with Gasteiger partial charge in [-0.1, -0.05) is 26.2 Å². The molecule has 0 bridgehead atoms. The topological polar surface area (TPSA) is 67.2 Å². The number of nitrogens with zero attached hydrogens (tertiary/aromatic N) is 3. The molecule has 6 heteroatoms. The van der Waals surface area contributed by atoms with Crippen molar-refractivity contribution < 1.29 is 9.59 Å². The standard InChI is InChI=1S/C19H30N4O2/c1-2-10-22-14-16(13-21-22)19(25)23-11-6-9-17(23)18(24)20-12-15-7-4-3-5-8-15/h13-15,17H,2-12H2,1H3,(H,20,24). The molecule has 0 radical (unpaired) electrons. The number of likely N-dealkylation sites (tertiary alicyclic amines) is 1. The number of amides is 2. The van der Waals surface area contributed by atoms with Crippen LogP contribution in [-0.4, -0.2) is 45.6 Å².